The average molecular weight is 337 g/mol. The minimum Gasteiger partial charge on any atom is -0.457 e. The Labute approximate surface area is 148 Å². The quantitative estimate of drug-likeness (QED) is 0.649. The molecule has 0 aromatic heterocycles. The minimum atomic E-state index is -0.0742. The summed E-state index contributed by atoms with van der Waals surface area (Å²) >= 11 is 0. The van der Waals surface area contributed by atoms with Crippen LogP contribution in [0.3, 0.4) is 0 Å². The lowest BCUT2D eigenvalue weighted by molar-refractivity contribution is -0.122. The summed E-state index contributed by atoms with van der Waals surface area (Å²) in [4.78, 5) is 14.1. The molecular formula is C20H23N3O2. The number of carbonyl (C=O) groups is 1. The maximum atomic E-state index is 11.9. The Morgan fingerprint density at radius 3 is 2.60 bits per heavy atom. The normalized spacial score (nSPS) is 15.2. The maximum Gasteiger partial charge on any atom is 0.254 e. The van der Waals surface area contributed by atoms with E-state index in [2.05, 4.69) is 15.4 Å². The van der Waals surface area contributed by atoms with E-state index in [0.717, 1.165) is 30.2 Å². The molecule has 3 rings (SSSR count). The fraction of sp³-hybridized carbons (Fsp3) is 0.300. The summed E-state index contributed by atoms with van der Waals surface area (Å²) in [7, 11) is 0. The second-order valence-electron chi connectivity index (χ2n) is 6.12. The van der Waals surface area contributed by atoms with Crippen LogP contribution < -0.4 is 10.2 Å². The number of piperidine rings is 1. The van der Waals surface area contributed by atoms with Gasteiger partial charge in [-0.05, 0) is 55.8 Å². The van der Waals surface area contributed by atoms with Crippen LogP contribution in [0.15, 0.2) is 59.7 Å². The molecule has 1 saturated heterocycles. The van der Waals surface area contributed by atoms with Crippen LogP contribution >= 0.6 is 0 Å². The van der Waals surface area contributed by atoms with Gasteiger partial charge >= 0.3 is 0 Å². The predicted molar refractivity (Wildman–Crippen MR) is 99.0 cm³/mol. The number of nitrogens with zero attached hydrogens (tertiary/aromatic N) is 2. The van der Waals surface area contributed by atoms with Crippen LogP contribution in [0.4, 0.5) is 0 Å². The van der Waals surface area contributed by atoms with Gasteiger partial charge in [0.25, 0.3) is 5.91 Å². The van der Waals surface area contributed by atoms with Crippen molar-refractivity contribution in [2.45, 2.75) is 19.3 Å². The van der Waals surface area contributed by atoms with Gasteiger partial charge in [0.1, 0.15) is 11.5 Å². The topological polar surface area (TPSA) is 53.9 Å². The maximum absolute atomic E-state index is 11.9. The van der Waals surface area contributed by atoms with Gasteiger partial charge in [-0.3, -0.25) is 9.69 Å². The van der Waals surface area contributed by atoms with E-state index in [-0.39, 0.29) is 5.91 Å². The van der Waals surface area contributed by atoms with Crippen molar-refractivity contribution in [1.29, 1.82) is 0 Å². The molecule has 5 nitrogen and oxygen atoms in total. The Bertz CT molecular complexity index is 710. The summed E-state index contributed by atoms with van der Waals surface area (Å²) in [6, 6.07) is 17.2. The van der Waals surface area contributed by atoms with Crippen LogP contribution in [0.5, 0.6) is 11.5 Å². The first-order valence-corrected chi connectivity index (χ1v) is 8.67. The van der Waals surface area contributed by atoms with E-state index >= 15 is 0 Å². The highest BCUT2D eigenvalue weighted by atomic mass is 16.5. The minimum absolute atomic E-state index is 0.0742. The number of hydrogen-bond acceptors (Lipinski definition) is 4. The Kier molecular flexibility index (Phi) is 6.17. The van der Waals surface area contributed by atoms with Crippen LogP contribution in [0.25, 0.3) is 0 Å². The number of rotatable bonds is 6. The highest BCUT2D eigenvalue weighted by Crippen LogP contribution is 2.21. The molecule has 130 valence electrons. The Morgan fingerprint density at radius 2 is 1.80 bits per heavy atom. The molecule has 1 amide bonds. The van der Waals surface area contributed by atoms with Gasteiger partial charge in [-0.1, -0.05) is 36.8 Å². The third-order valence-electron chi connectivity index (χ3n) is 4.06. The van der Waals surface area contributed by atoms with Crippen molar-refractivity contribution in [2.24, 2.45) is 5.10 Å². The van der Waals surface area contributed by atoms with Gasteiger partial charge in [-0.15, -0.1) is 0 Å². The molecule has 1 aliphatic rings. The molecule has 0 spiro atoms. The van der Waals surface area contributed by atoms with Gasteiger partial charge in [0.05, 0.1) is 12.8 Å². The van der Waals surface area contributed by atoms with Crippen molar-refractivity contribution in [3.8, 4) is 11.5 Å². The summed E-state index contributed by atoms with van der Waals surface area (Å²) in [5.41, 5.74) is 3.46. The highest BCUT2D eigenvalue weighted by Gasteiger charge is 2.13. The third kappa shape index (κ3) is 5.72. The lowest BCUT2D eigenvalue weighted by Gasteiger charge is -2.25. The molecule has 0 unspecified atom stereocenters. The molecule has 0 radical (unpaired) electrons. The smallest absolute Gasteiger partial charge is 0.254 e. The van der Waals surface area contributed by atoms with Crippen molar-refractivity contribution < 1.29 is 9.53 Å². The first-order valence-electron chi connectivity index (χ1n) is 8.67. The number of likely N-dealkylation sites (tertiary alicyclic amines) is 1. The lowest BCUT2D eigenvalue weighted by atomic mass is 10.1. The van der Waals surface area contributed by atoms with Crippen molar-refractivity contribution in [3.63, 3.8) is 0 Å². The Balaban J connectivity index is 1.51. The van der Waals surface area contributed by atoms with E-state index < -0.39 is 0 Å². The monoisotopic (exact) mass is 337 g/mol. The molecular weight excluding hydrogens is 314 g/mol. The van der Waals surface area contributed by atoms with Gasteiger partial charge in [0, 0.05) is 0 Å². The van der Waals surface area contributed by atoms with Crippen LogP contribution in [-0.2, 0) is 4.79 Å². The molecule has 1 fully saturated rings. The number of hydrogen-bond donors (Lipinski definition) is 1. The van der Waals surface area contributed by atoms with E-state index in [1.165, 1.54) is 19.3 Å². The highest BCUT2D eigenvalue weighted by molar-refractivity contribution is 5.83. The van der Waals surface area contributed by atoms with E-state index in [1.807, 2.05) is 54.6 Å². The van der Waals surface area contributed by atoms with E-state index in [4.69, 9.17) is 4.74 Å². The van der Waals surface area contributed by atoms with Gasteiger partial charge in [-0.2, -0.15) is 5.10 Å². The molecule has 1 aliphatic heterocycles. The molecule has 5 heteroatoms. The predicted octanol–water partition coefficient (Wildman–Crippen LogP) is 3.41. The lowest BCUT2D eigenvalue weighted by Crippen LogP contribution is -2.38. The number of benzene rings is 2. The van der Waals surface area contributed by atoms with Gasteiger partial charge in [0.15, 0.2) is 0 Å². The zero-order chi connectivity index (χ0) is 17.3. The van der Waals surface area contributed by atoms with E-state index in [0.29, 0.717) is 6.54 Å². The van der Waals surface area contributed by atoms with Crippen LogP contribution in [0.2, 0.25) is 0 Å². The summed E-state index contributed by atoms with van der Waals surface area (Å²) in [5.74, 6) is 1.44. The zero-order valence-corrected chi connectivity index (χ0v) is 14.2. The van der Waals surface area contributed by atoms with Crippen molar-refractivity contribution >= 4 is 12.1 Å². The first-order chi connectivity index (χ1) is 12.3. The van der Waals surface area contributed by atoms with Crippen molar-refractivity contribution in [1.82, 2.24) is 10.3 Å². The second-order valence-corrected chi connectivity index (χ2v) is 6.12. The average Bonchev–Trinajstić information content (AvgIpc) is 2.64. The molecule has 0 atom stereocenters. The Hall–Kier alpha value is -2.66. The molecule has 1 heterocycles. The van der Waals surface area contributed by atoms with Gasteiger partial charge < -0.3 is 4.74 Å². The SMILES string of the molecule is O=C(CN1CCCCC1)N/N=C\c1cccc(Oc2ccccc2)c1. The molecule has 25 heavy (non-hydrogen) atoms. The number of nitrogens with one attached hydrogen (secondary N) is 1. The zero-order valence-electron chi connectivity index (χ0n) is 14.2. The van der Waals surface area contributed by atoms with Crippen LogP contribution in [-0.4, -0.2) is 36.7 Å². The van der Waals surface area contributed by atoms with Gasteiger partial charge in [-0.25, -0.2) is 5.43 Å². The molecule has 0 saturated carbocycles. The number of para-hydroxylation sites is 1. The summed E-state index contributed by atoms with van der Waals surface area (Å²) < 4.78 is 5.79. The summed E-state index contributed by atoms with van der Waals surface area (Å²) in [5, 5.41) is 4.05. The number of carbonyl (C=O) groups excluding carboxylic acids is 1. The van der Waals surface area contributed by atoms with Crippen molar-refractivity contribution in [2.75, 3.05) is 19.6 Å². The molecule has 2 aromatic carbocycles. The molecule has 0 bridgehead atoms. The van der Waals surface area contributed by atoms with E-state index in [1.54, 1.807) is 6.21 Å². The molecule has 0 aliphatic carbocycles. The summed E-state index contributed by atoms with van der Waals surface area (Å²) in [6.07, 6.45) is 5.24. The standard InChI is InChI=1S/C20H23N3O2/c24-20(16-23-12-5-2-6-13-23)22-21-15-17-8-7-11-19(14-17)25-18-9-3-1-4-10-18/h1,3-4,7-11,14-15H,2,5-6,12-13,16H2,(H,22,24)/b21-15-. The fourth-order valence-electron chi connectivity index (χ4n) is 2.82. The molecule has 2 aromatic rings. The summed E-state index contributed by atoms with van der Waals surface area (Å²) in [6.45, 7) is 2.40. The third-order valence-corrected chi connectivity index (χ3v) is 4.06. The van der Waals surface area contributed by atoms with Crippen molar-refractivity contribution in [3.05, 3.63) is 60.2 Å². The Morgan fingerprint density at radius 1 is 1.04 bits per heavy atom. The number of ether oxygens (including phenoxy) is 1. The number of hydrazone groups is 1. The first kappa shape index (κ1) is 17.2. The van der Waals surface area contributed by atoms with Crippen LogP contribution in [0, 0.1) is 0 Å². The molecule has 1 N–H and O–H groups in total. The number of amides is 1. The fourth-order valence-corrected chi connectivity index (χ4v) is 2.82. The van der Waals surface area contributed by atoms with Gasteiger partial charge in [0.2, 0.25) is 0 Å². The van der Waals surface area contributed by atoms with E-state index in [9.17, 15) is 4.79 Å². The largest absolute Gasteiger partial charge is 0.457 e. The van der Waals surface area contributed by atoms with Crippen LogP contribution in [0.1, 0.15) is 24.8 Å². The second kappa shape index (κ2) is 8.99.